The van der Waals surface area contributed by atoms with E-state index in [1.54, 1.807) is 60.7 Å². The van der Waals surface area contributed by atoms with Crippen molar-refractivity contribution in [3.63, 3.8) is 0 Å². The molecule has 2 aromatic carbocycles. The van der Waals surface area contributed by atoms with E-state index in [9.17, 15) is 14.7 Å². The lowest BCUT2D eigenvalue weighted by molar-refractivity contribution is -0.173. The Kier molecular flexibility index (Phi) is 3.84. The van der Waals surface area contributed by atoms with E-state index in [-0.39, 0.29) is 0 Å². The molecule has 0 saturated carbocycles. The molecule has 2 aromatic rings. The Morgan fingerprint density at radius 2 is 1.30 bits per heavy atom. The number of esters is 1. The Hall–Kier alpha value is -2.62. The fourth-order valence-electron chi connectivity index (χ4n) is 2.14. The normalized spacial score (nSPS) is 10.8. The fraction of sp³-hybridized carbons (Fsp3) is 0.125. The third-order valence-corrected chi connectivity index (χ3v) is 2.96. The molecule has 0 amide bonds. The molecule has 0 unspecified atom stereocenters. The summed E-state index contributed by atoms with van der Waals surface area (Å²) in [5, 5.41) is 9.70. The summed E-state index contributed by atoms with van der Waals surface area (Å²) in [6, 6.07) is 16.9. The maximum atomic E-state index is 11.9. The highest BCUT2D eigenvalue weighted by Crippen LogP contribution is 2.34. The smallest absolute Gasteiger partial charge is 0.357 e. The van der Waals surface area contributed by atoms with E-state index in [4.69, 9.17) is 4.74 Å². The highest BCUT2D eigenvalue weighted by molar-refractivity contribution is 5.87. The number of rotatable bonds is 4. The molecule has 0 heterocycles. The van der Waals surface area contributed by atoms with Crippen LogP contribution in [0.3, 0.4) is 0 Å². The van der Waals surface area contributed by atoms with Gasteiger partial charge in [-0.3, -0.25) is 4.79 Å². The topological polar surface area (TPSA) is 63.6 Å². The zero-order valence-electron chi connectivity index (χ0n) is 10.9. The van der Waals surface area contributed by atoms with Crippen LogP contribution < -0.4 is 0 Å². The maximum Gasteiger partial charge on any atom is 0.357 e. The third-order valence-electron chi connectivity index (χ3n) is 2.96. The monoisotopic (exact) mass is 270 g/mol. The number of benzene rings is 2. The number of hydrogen-bond donors (Lipinski definition) is 1. The molecule has 20 heavy (non-hydrogen) atoms. The summed E-state index contributed by atoms with van der Waals surface area (Å²) in [5.41, 5.74) is -1.03. The lowest BCUT2D eigenvalue weighted by atomic mass is 9.86. The second-order valence-corrected chi connectivity index (χ2v) is 4.31. The molecular formula is C16H14O4. The molecule has 0 aliphatic carbocycles. The molecule has 0 aliphatic heterocycles. The van der Waals surface area contributed by atoms with Gasteiger partial charge in [0.15, 0.2) is 0 Å². The summed E-state index contributed by atoms with van der Waals surface area (Å²) in [6.07, 6.45) is 0. The second-order valence-electron chi connectivity index (χ2n) is 4.31. The van der Waals surface area contributed by atoms with E-state index < -0.39 is 17.5 Å². The van der Waals surface area contributed by atoms with Gasteiger partial charge in [-0.05, 0) is 0 Å². The van der Waals surface area contributed by atoms with Gasteiger partial charge in [0.25, 0.3) is 5.60 Å². The van der Waals surface area contributed by atoms with Crippen LogP contribution in [0.1, 0.15) is 18.1 Å². The molecule has 1 N–H and O–H groups in total. The van der Waals surface area contributed by atoms with Gasteiger partial charge >= 0.3 is 11.9 Å². The molecule has 0 atom stereocenters. The standard InChI is InChI=1S/C16H14O4/c1-12(17)20-16(15(18)19,13-8-4-2-5-9-13)14-10-6-3-7-11-14/h2-11H,1H3,(H,18,19). The van der Waals surface area contributed by atoms with Crippen molar-refractivity contribution >= 4 is 11.9 Å². The molecule has 4 heteroatoms. The Morgan fingerprint density at radius 1 is 0.900 bits per heavy atom. The number of carboxylic acids is 1. The first-order chi connectivity index (χ1) is 9.57. The predicted molar refractivity (Wildman–Crippen MR) is 73.1 cm³/mol. The van der Waals surface area contributed by atoms with Crippen molar-refractivity contribution in [1.82, 2.24) is 0 Å². The molecule has 102 valence electrons. The van der Waals surface area contributed by atoms with Crippen LogP contribution in [0.4, 0.5) is 0 Å². The lowest BCUT2D eigenvalue weighted by Gasteiger charge is -2.29. The van der Waals surface area contributed by atoms with Gasteiger partial charge in [-0.1, -0.05) is 60.7 Å². The van der Waals surface area contributed by atoms with Crippen molar-refractivity contribution in [2.24, 2.45) is 0 Å². The van der Waals surface area contributed by atoms with Crippen LogP contribution in [0.5, 0.6) is 0 Å². The van der Waals surface area contributed by atoms with Crippen molar-refractivity contribution in [2.45, 2.75) is 12.5 Å². The van der Waals surface area contributed by atoms with Gasteiger partial charge in [0, 0.05) is 18.1 Å². The van der Waals surface area contributed by atoms with Crippen molar-refractivity contribution in [1.29, 1.82) is 0 Å². The van der Waals surface area contributed by atoms with E-state index in [0.717, 1.165) is 0 Å². The number of carbonyl (C=O) groups excluding carboxylic acids is 1. The summed E-state index contributed by atoms with van der Waals surface area (Å²) >= 11 is 0. The molecule has 0 aliphatic rings. The van der Waals surface area contributed by atoms with E-state index in [1.165, 1.54) is 6.92 Å². The summed E-state index contributed by atoms with van der Waals surface area (Å²) in [7, 11) is 0. The van der Waals surface area contributed by atoms with Crippen LogP contribution in [0, 0.1) is 0 Å². The second kappa shape index (κ2) is 5.57. The van der Waals surface area contributed by atoms with E-state index >= 15 is 0 Å². The molecule has 2 rings (SSSR count). The third kappa shape index (κ3) is 2.40. The molecule has 0 saturated heterocycles. The van der Waals surface area contributed by atoms with Gasteiger partial charge in [-0.15, -0.1) is 0 Å². The van der Waals surface area contributed by atoms with Gasteiger partial charge in [0.05, 0.1) is 0 Å². The van der Waals surface area contributed by atoms with Crippen molar-refractivity contribution in [3.05, 3.63) is 71.8 Å². The number of carboxylic acid groups (broad SMARTS) is 1. The molecular weight excluding hydrogens is 256 g/mol. The van der Waals surface area contributed by atoms with Crippen LogP contribution >= 0.6 is 0 Å². The van der Waals surface area contributed by atoms with E-state index in [0.29, 0.717) is 11.1 Å². The summed E-state index contributed by atoms with van der Waals surface area (Å²) in [6.45, 7) is 1.20. The Morgan fingerprint density at radius 3 is 1.60 bits per heavy atom. The number of carbonyl (C=O) groups is 2. The average molecular weight is 270 g/mol. The zero-order chi connectivity index (χ0) is 14.6. The van der Waals surface area contributed by atoms with Gasteiger partial charge in [0.1, 0.15) is 0 Å². The largest absolute Gasteiger partial charge is 0.478 e. The molecule has 0 spiro atoms. The minimum atomic E-state index is -1.83. The zero-order valence-corrected chi connectivity index (χ0v) is 10.9. The predicted octanol–water partition coefficient (Wildman–Crippen LogP) is 2.58. The summed E-state index contributed by atoms with van der Waals surface area (Å²) < 4.78 is 5.23. The Labute approximate surface area is 116 Å². The highest BCUT2D eigenvalue weighted by Gasteiger charge is 2.45. The van der Waals surface area contributed by atoms with E-state index in [1.807, 2.05) is 0 Å². The molecule has 0 fully saturated rings. The van der Waals surface area contributed by atoms with Crippen LogP contribution in [0.15, 0.2) is 60.7 Å². The van der Waals surface area contributed by atoms with Crippen LogP contribution in [0.25, 0.3) is 0 Å². The first-order valence-corrected chi connectivity index (χ1v) is 6.11. The molecule has 0 radical (unpaired) electrons. The van der Waals surface area contributed by atoms with E-state index in [2.05, 4.69) is 0 Å². The lowest BCUT2D eigenvalue weighted by Crippen LogP contribution is -2.41. The van der Waals surface area contributed by atoms with Gasteiger partial charge in [-0.2, -0.15) is 0 Å². The van der Waals surface area contributed by atoms with Crippen molar-refractivity contribution in [2.75, 3.05) is 0 Å². The number of hydrogen-bond acceptors (Lipinski definition) is 3. The molecule has 4 nitrogen and oxygen atoms in total. The number of aliphatic carboxylic acids is 1. The fourth-order valence-corrected chi connectivity index (χ4v) is 2.14. The van der Waals surface area contributed by atoms with Gasteiger partial charge in [-0.25, -0.2) is 4.79 Å². The molecule has 0 bridgehead atoms. The Balaban J connectivity index is 2.69. The minimum absolute atomic E-state index is 0.397. The van der Waals surface area contributed by atoms with Crippen LogP contribution in [0.2, 0.25) is 0 Å². The first-order valence-electron chi connectivity index (χ1n) is 6.11. The summed E-state index contributed by atoms with van der Waals surface area (Å²) in [5.74, 6) is -1.88. The highest BCUT2D eigenvalue weighted by atomic mass is 16.6. The number of ether oxygens (including phenoxy) is 1. The average Bonchev–Trinajstić information content (AvgIpc) is 2.46. The maximum absolute atomic E-state index is 11.9. The quantitative estimate of drug-likeness (QED) is 0.867. The SMILES string of the molecule is CC(=O)OC(C(=O)O)(c1ccccc1)c1ccccc1. The van der Waals surface area contributed by atoms with Crippen molar-refractivity contribution < 1.29 is 19.4 Å². The summed E-state index contributed by atoms with van der Waals surface area (Å²) in [4.78, 5) is 23.3. The van der Waals surface area contributed by atoms with Crippen LogP contribution in [-0.2, 0) is 19.9 Å². The van der Waals surface area contributed by atoms with Gasteiger partial charge in [0.2, 0.25) is 0 Å². The Bertz CT molecular complexity index is 565. The van der Waals surface area contributed by atoms with Gasteiger partial charge < -0.3 is 9.84 Å². The van der Waals surface area contributed by atoms with Crippen molar-refractivity contribution in [3.8, 4) is 0 Å². The minimum Gasteiger partial charge on any atom is -0.478 e. The first kappa shape index (κ1) is 13.8. The van der Waals surface area contributed by atoms with Crippen LogP contribution in [-0.4, -0.2) is 17.0 Å². The molecule has 0 aromatic heterocycles.